The summed E-state index contributed by atoms with van der Waals surface area (Å²) in [5.41, 5.74) is 0. The quantitative estimate of drug-likeness (QED) is 0.555. The minimum absolute atomic E-state index is 0.324. The maximum Gasteiger partial charge on any atom is 0.514 e. The van der Waals surface area contributed by atoms with Gasteiger partial charge in [-0.15, -0.1) is 4.20 Å². The van der Waals surface area contributed by atoms with Gasteiger partial charge >= 0.3 is 19.8 Å². The van der Waals surface area contributed by atoms with Crippen LogP contribution >= 0.6 is 7.91 Å². The van der Waals surface area contributed by atoms with Crippen LogP contribution in [0, 0.1) is 0 Å². The predicted octanol–water partition coefficient (Wildman–Crippen LogP) is 0.974. The van der Waals surface area contributed by atoms with Crippen LogP contribution in [0.25, 0.3) is 0 Å². The summed E-state index contributed by atoms with van der Waals surface area (Å²) >= 11 is 0. The van der Waals surface area contributed by atoms with Gasteiger partial charge in [0.1, 0.15) is 25.4 Å². The Balaban J connectivity index is 2.54. The molecule has 0 aliphatic carbocycles. The van der Waals surface area contributed by atoms with Crippen LogP contribution in [0.15, 0.2) is 0 Å². The molecule has 1 aliphatic rings. The van der Waals surface area contributed by atoms with Crippen molar-refractivity contribution in [3.63, 3.8) is 0 Å². The molecule has 1 rings (SSSR count). The highest BCUT2D eigenvalue weighted by atomic mass is 31.2. The van der Waals surface area contributed by atoms with Crippen LogP contribution in [-0.2, 0) is 32.7 Å². The second-order valence-corrected chi connectivity index (χ2v) is 4.61. The van der Waals surface area contributed by atoms with Crippen molar-refractivity contribution in [2.75, 3.05) is 13.2 Å². The van der Waals surface area contributed by atoms with E-state index in [-0.39, 0.29) is 13.2 Å². The Labute approximate surface area is 96.8 Å². The van der Waals surface area contributed by atoms with Gasteiger partial charge in [0.15, 0.2) is 0 Å². The molecule has 0 saturated carbocycles. The van der Waals surface area contributed by atoms with Crippen LogP contribution < -0.4 is 0 Å². The van der Waals surface area contributed by atoms with Crippen molar-refractivity contribution in [1.29, 1.82) is 0 Å². The molecule has 1 aliphatic heterocycles. The second kappa shape index (κ2) is 5.57. The van der Waals surface area contributed by atoms with Gasteiger partial charge in [0.05, 0.1) is 0 Å². The first-order valence-corrected chi connectivity index (χ1v) is 6.17. The third-order valence-corrected chi connectivity index (χ3v) is 2.88. The van der Waals surface area contributed by atoms with Crippen molar-refractivity contribution >= 4 is 19.8 Å². The van der Waals surface area contributed by atoms with Crippen molar-refractivity contribution in [3.8, 4) is 0 Å². The number of esters is 2. The van der Waals surface area contributed by atoms with E-state index in [1.54, 1.807) is 0 Å². The fourth-order valence-electron chi connectivity index (χ4n) is 1.16. The van der Waals surface area contributed by atoms with Gasteiger partial charge in [-0.2, -0.15) is 0 Å². The first-order chi connectivity index (χ1) is 7.80. The number of ether oxygens (including phenoxy) is 2. The Hall–Kier alpha value is -0.980. The van der Waals surface area contributed by atoms with E-state index in [0.29, 0.717) is 0 Å². The summed E-state index contributed by atoms with van der Waals surface area (Å²) in [5, 5.41) is 0. The van der Waals surface area contributed by atoms with E-state index in [0.717, 1.165) is 13.8 Å². The molecule has 0 amide bonds. The number of carbonyl (C=O) groups excluding carboxylic acids is 2. The SMILES string of the molecule is CC(=O)OCC1OP(=O)(F)OC1COC(C)=O. The van der Waals surface area contributed by atoms with E-state index in [1.165, 1.54) is 0 Å². The van der Waals surface area contributed by atoms with E-state index in [1.807, 2.05) is 0 Å². The van der Waals surface area contributed by atoms with E-state index in [9.17, 15) is 18.4 Å². The summed E-state index contributed by atoms with van der Waals surface area (Å²) in [7, 11) is -4.66. The standard InChI is InChI=1S/C8H12FO7P/c1-5(10)13-3-7-8(4-14-6(2)11)16-17(9,12)15-7/h7-8H,3-4H2,1-2H3. The third kappa shape index (κ3) is 4.80. The van der Waals surface area contributed by atoms with Gasteiger partial charge in [-0.3, -0.25) is 18.6 Å². The zero-order chi connectivity index (χ0) is 13.1. The van der Waals surface area contributed by atoms with Gasteiger partial charge in [-0.05, 0) is 0 Å². The van der Waals surface area contributed by atoms with E-state index in [2.05, 4.69) is 18.5 Å². The maximum absolute atomic E-state index is 13.0. The molecule has 0 bridgehead atoms. The minimum atomic E-state index is -4.66. The molecule has 1 saturated heterocycles. The molecule has 98 valence electrons. The normalized spacial score (nSPS) is 32.2. The average Bonchev–Trinajstić information content (AvgIpc) is 2.47. The number of rotatable bonds is 4. The molecule has 2 unspecified atom stereocenters. The van der Waals surface area contributed by atoms with Crippen LogP contribution in [0.3, 0.4) is 0 Å². The smallest absolute Gasteiger partial charge is 0.463 e. The Kier molecular flexibility index (Phi) is 4.62. The molecule has 0 radical (unpaired) electrons. The largest absolute Gasteiger partial charge is 0.514 e. The molecule has 1 fully saturated rings. The molecular formula is C8H12FO7P. The number of hydrogen-bond donors (Lipinski definition) is 0. The molecule has 9 heteroatoms. The summed E-state index contributed by atoms with van der Waals surface area (Å²) in [4.78, 5) is 21.1. The van der Waals surface area contributed by atoms with Crippen LogP contribution in [0.2, 0.25) is 0 Å². The van der Waals surface area contributed by atoms with Crippen molar-refractivity contribution in [3.05, 3.63) is 0 Å². The average molecular weight is 270 g/mol. The molecular weight excluding hydrogens is 258 g/mol. The fraction of sp³-hybridized carbons (Fsp3) is 0.750. The Bertz CT molecular complexity index is 328. The van der Waals surface area contributed by atoms with Crippen LogP contribution in [-0.4, -0.2) is 37.4 Å². The Morgan fingerprint density at radius 2 is 1.47 bits per heavy atom. The molecule has 0 aromatic rings. The molecule has 0 aromatic heterocycles. The summed E-state index contributed by atoms with van der Waals surface area (Å²) < 4.78 is 42.0. The molecule has 0 aromatic carbocycles. The lowest BCUT2D eigenvalue weighted by Crippen LogP contribution is -2.32. The number of carbonyl (C=O) groups is 2. The third-order valence-electron chi connectivity index (χ3n) is 1.84. The van der Waals surface area contributed by atoms with Gasteiger partial charge in [0.25, 0.3) is 0 Å². The molecule has 0 N–H and O–H groups in total. The number of halogens is 1. The predicted molar refractivity (Wildman–Crippen MR) is 51.7 cm³/mol. The zero-order valence-electron chi connectivity index (χ0n) is 9.25. The molecule has 7 nitrogen and oxygen atoms in total. The maximum atomic E-state index is 13.0. The Morgan fingerprint density at radius 3 is 1.76 bits per heavy atom. The molecule has 2 atom stereocenters. The van der Waals surface area contributed by atoms with Crippen LogP contribution in [0.5, 0.6) is 0 Å². The molecule has 0 spiro atoms. The highest BCUT2D eigenvalue weighted by Crippen LogP contribution is 2.57. The topological polar surface area (TPSA) is 88.1 Å². The lowest BCUT2D eigenvalue weighted by molar-refractivity contribution is -0.148. The number of hydrogen-bond acceptors (Lipinski definition) is 7. The van der Waals surface area contributed by atoms with Crippen molar-refractivity contribution in [1.82, 2.24) is 0 Å². The molecule has 17 heavy (non-hydrogen) atoms. The lowest BCUT2D eigenvalue weighted by atomic mass is 10.2. The minimum Gasteiger partial charge on any atom is -0.463 e. The zero-order valence-corrected chi connectivity index (χ0v) is 10.1. The van der Waals surface area contributed by atoms with Gasteiger partial charge < -0.3 is 9.47 Å². The highest BCUT2D eigenvalue weighted by Gasteiger charge is 2.46. The summed E-state index contributed by atoms with van der Waals surface area (Å²) in [5.74, 6) is -1.19. The summed E-state index contributed by atoms with van der Waals surface area (Å²) in [6.07, 6.45) is -2.12. The lowest BCUT2D eigenvalue weighted by Gasteiger charge is -2.14. The summed E-state index contributed by atoms with van der Waals surface area (Å²) in [6, 6.07) is 0. The van der Waals surface area contributed by atoms with Crippen molar-refractivity contribution in [2.24, 2.45) is 0 Å². The summed E-state index contributed by atoms with van der Waals surface area (Å²) in [6.45, 7) is 1.67. The first-order valence-electron chi connectivity index (χ1n) is 4.73. The van der Waals surface area contributed by atoms with Gasteiger partial charge in [0.2, 0.25) is 0 Å². The van der Waals surface area contributed by atoms with Crippen molar-refractivity contribution < 1.29 is 36.9 Å². The monoisotopic (exact) mass is 270 g/mol. The van der Waals surface area contributed by atoms with Gasteiger partial charge in [-0.25, -0.2) is 4.57 Å². The van der Waals surface area contributed by atoms with Crippen LogP contribution in [0.1, 0.15) is 13.8 Å². The second-order valence-electron chi connectivity index (χ2n) is 3.32. The first kappa shape index (κ1) is 14.1. The van der Waals surface area contributed by atoms with E-state index in [4.69, 9.17) is 0 Å². The fourth-order valence-corrected chi connectivity index (χ4v) is 2.25. The molecule has 1 heterocycles. The van der Waals surface area contributed by atoms with Crippen LogP contribution in [0.4, 0.5) is 4.20 Å². The van der Waals surface area contributed by atoms with Gasteiger partial charge in [-0.1, -0.05) is 0 Å². The van der Waals surface area contributed by atoms with E-state index < -0.39 is 32.1 Å². The highest BCUT2D eigenvalue weighted by molar-refractivity contribution is 7.48. The van der Waals surface area contributed by atoms with Gasteiger partial charge in [0, 0.05) is 13.8 Å². The van der Waals surface area contributed by atoms with E-state index >= 15 is 0 Å². The Morgan fingerprint density at radius 1 is 1.12 bits per heavy atom. The van der Waals surface area contributed by atoms with Crippen molar-refractivity contribution in [2.45, 2.75) is 26.1 Å².